The minimum Gasteiger partial charge on any atom is -0.489 e. The van der Waals surface area contributed by atoms with E-state index in [0.29, 0.717) is 10.8 Å². The number of sulfonamides is 1. The standard InChI is InChI=1S/C16H18ClNO3S/c1-12-9-14(7-8-16(12)17)21-11-13-5-4-6-15(10-13)22(19,20)18(2)3/h4-10H,11H2,1-3H3. The minimum absolute atomic E-state index is 0.255. The van der Waals surface area contributed by atoms with Crippen LogP contribution in [-0.2, 0) is 16.6 Å². The predicted molar refractivity (Wildman–Crippen MR) is 87.8 cm³/mol. The van der Waals surface area contributed by atoms with E-state index in [4.69, 9.17) is 16.3 Å². The number of halogens is 1. The van der Waals surface area contributed by atoms with E-state index < -0.39 is 10.0 Å². The highest BCUT2D eigenvalue weighted by Crippen LogP contribution is 2.22. The van der Waals surface area contributed by atoms with Gasteiger partial charge in [0.05, 0.1) is 4.90 Å². The number of rotatable bonds is 5. The zero-order valence-corrected chi connectivity index (χ0v) is 14.3. The molecule has 2 rings (SSSR count). The molecule has 4 nitrogen and oxygen atoms in total. The lowest BCUT2D eigenvalue weighted by molar-refractivity contribution is 0.305. The third-order valence-electron chi connectivity index (χ3n) is 3.21. The highest BCUT2D eigenvalue weighted by atomic mass is 35.5. The molecule has 2 aromatic rings. The molecule has 0 aliphatic rings. The van der Waals surface area contributed by atoms with Gasteiger partial charge in [-0.15, -0.1) is 0 Å². The van der Waals surface area contributed by atoms with Crippen molar-refractivity contribution in [2.24, 2.45) is 0 Å². The Hall–Kier alpha value is -1.56. The molecule has 22 heavy (non-hydrogen) atoms. The molecule has 0 unspecified atom stereocenters. The van der Waals surface area contributed by atoms with Crippen molar-refractivity contribution >= 4 is 21.6 Å². The zero-order valence-electron chi connectivity index (χ0n) is 12.7. The molecular weight excluding hydrogens is 322 g/mol. The Labute approximate surface area is 136 Å². The van der Waals surface area contributed by atoms with Gasteiger partial charge in [0.2, 0.25) is 10.0 Å². The van der Waals surface area contributed by atoms with Crippen molar-refractivity contribution in [2.75, 3.05) is 14.1 Å². The van der Waals surface area contributed by atoms with E-state index in [1.165, 1.54) is 18.4 Å². The normalized spacial score (nSPS) is 11.7. The van der Waals surface area contributed by atoms with Crippen LogP contribution in [0.25, 0.3) is 0 Å². The number of aryl methyl sites for hydroxylation is 1. The molecule has 0 amide bonds. The summed E-state index contributed by atoms with van der Waals surface area (Å²) in [7, 11) is -0.417. The van der Waals surface area contributed by atoms with Gasteiger partial charge in [0.15, 0.2) is 0 Å². The number of hydrogen-bond donors (Lipinski definition) is 0. The molecule has 0 atom stereocenters. The molecular formula is C16H18ClNO3S. The van der Waals surface area contributed by atoms with Crippen LogP contribution in [0, 0.1) is 6.92 Å². The second-order valence-electron chi connectivity index (χ2n) is 5.13. The second-order valence-corrected chi connectivity index (χ2v) is 7.69. The zero-order chi connectivity index (χ0) is 16.3. The maximum atomic E-state index is 12.1. The Morgan fingerprint density at radius 2 is 1.86 bits per heavy atom. The van der Waals surface area contributed by atoms with Crippen LogP contribution in [0.15, 0.2) is 47.4 Å². The first kappa shape index (κ1) is 16.8. The Morgan fingerprint density at radius 3 is 2.50 bits per heavy atom. The van der Waals surface area contributed by atoms with Gasteiger partial charge in [-0.25, -0.2) is 12.7 Å². The van der Waals surface area contributed by atoms with Gasteiger partial charge in [-0.05, 0) is 48.4 Å². The van der Waals surface area contributed by atoms with Crippen molar-refractivity contribution in [2.45, 2.75) is 18.4 Å². The first-order valence-electron chi connectivity index (χ1n) is 6.71. The van der Waals surface area contributed by atoms with E-state index in [-0.39, 0.29) is 11.5 Å². The first-order chi connectivity index (χ1) is 10.3. The summed E-state index contributed by atoms with van der Waals surface area (Å²) in [5.74, 6) is 0.697. The summed E-state index contributed by atoms with van der Waals surface area (Å²) < 4.78 is 31.1. The van der Waals surface area contributed by atoms with Gasteiger partial charge >= 0.3 is 0 Å². The van der Waals surface area contributed by atoms with Crippen LogP contribution in [0.1, 0.15) is 11.1 Å². The quantitative estimate of drug-likeness (QED) is 0.837. The van der Waals surface area contributed by atoms with Crippen LogP contribution in [0.4, 0.5) is 0 Å². The summed E-state index contributed by atoms with van der Waals surface area (Å²) in [6, 6.07) is 12.2. The lowest BCUT2D eigenvalue weighted by Crippen LogP contribution is -2.22. The van der Waals surface area contributed by atoms with E-state index in [0.717, 1.165) is 11.1 Å². The number of hydrogen-bond acceptors (Lipinski definition) is 3. The molecule has 0 saturated carbocycles. The highest BCUT2D eigenvalue weighted by Gasteiger charge is 2.17. The maximum Gasteiger partial charge on any atom is 0.242 e. The average molecular weight is 340 g/mol. The molecule has 0 spiro atoms. The maximum absolute atomic E-state index is 12.1. The van der Waals surface area contributed by atoms with Crippen LogP contribution in [-0.4, -0.2) is 26.8 Å². The molecule has 2 aromatic carbocycles. The van der Waals surface area contributed by atoms with E-state index in [1.54, 1.807) is 30.3 Å². The van der Waals surface area contributed by atoms with Gasteiger partial charge in [0.1, 0.15) is 12.4 Å². The molecule has 0 radical (unpaired) electrons. The molecule has 0 fully saturated rings. The van der Waals surface area contributed by atoms with Crippen LogP contribution in [0.3, 0.4) is 0 Å². The lowest BCUT2D eigenvalue weighted by Gasteiger charge is -2.13. The van der Waals surface area contributed by atoms with Crippen molar-refractivity contribution in [3.63, 3.8) is 0 Å². The Morgan fingerprint density at radius 1 is 1.14 bits per heavy atom. The monoisotopic (exact) mass is 339 g/mol. The average Bonchev–Trinajstić information content (AvgIpc) is 2.48. The van der Waals surface area contributed by atoms with Crippen LogP contribution >= 0.6 is 11.6 Å². The van der Waals surface area contributed by atoms with Gasteiger partial charge in [-0.3, -0.25) is 0 Å². The first-order valence-corrected chi connectivity index (χ1v) is 8.53. The Balaban J connectivity index is 2.16. The van der Waals surface area contributed by atoms with Crippen molar-refractivity contribution < 1.29 is 13.2 Å². The highest BCUT2D eigenvalue weighted by molar-refractivity contribution is 7.89. The van der Waals surface area contributed by atoms with Gasteiger partial charge in [-0.1, -0.05) is 23.7 Å². The van der Waals surface area contributed by atoms with Crippen molar-refractivity contribution in [1.82, 2.24) is 4.31 Å². The largest absolute Gasteiger partial charge is 0.489 e. The van der Waals surface area contributed by atoms with Crippen molar-refractivity contribution in [3.05, 3.63) is 58.6 Å². The summed E-state index contributed by atoms with van der Waals surface area (Å²) >= 11 is 5.97. The van der Waals surface area contributed by atoms with E-state index in [1.807, 2.05) is 19.1 Å². The van der Waals surface area contributed by atoms with Crippen LogP contribution < -0.4 is 4.74 Å². The van der Waals surface area contributed by atoms with E-state index in [9.17, 15) is 8.42 Å². The van der Waals surface area contributed by atoms with Gasteiger partial charge < -0.3 is 4.74 Å². The number of ether oxygens (including phenoxy) is 1. The Kier molecular flexibility index (Phi) is 5.11. The predicted octanol–water partition coefficient (Wildman–Crippen LogP) is 3.48. The third-order valence-corrected chi connectivity index (χ3v) is 5.45. The fraction of sp³-hybridized carbons (Fsp3) is 0.250. The second kappa shape index (κ2) is 6.69. The van der Waals surface area contributed by atoms with Crippen LogP contribution in [0.5, 0.6) is 5.75 Å². The molecule has 0 aliphatic carbocycles. The van der Waals surface area contributed by atoms with Gasteiger partial charge in [-0.2, -0.15) is 0 Å². The van der Waals surface area contributed by atoms with E-state index >= 15 is 0 Å². The molecule has 0 aliphatic heterocycles. The fourth-order valence-corrected chi connectivity index (χ4v) is 2.97. The molecule has 0 bridgehead atoms. The lowest BCUT2D eigenvalue weighted by atomic mass is 10.2. The molecule has 0 heterocycles. The van der Waals surface area contributed by atoms with Crippen molar-refractivity contribution in [1.29, 1.82) is 0 Å². The van der Waals surface area contributed by atoms with Crippen LogP contribution in [0.2, 0.25) is 5.02 Å². The van der Waals surface area contributed by atoms with E-state index in [2.05, 4.69) is 0 Å². The molecule has 0 aromatic heterocycles. The number of nitrogens with zero attached hydrogens (tertiary/aromatic N) is 1. The molecule has 6 heteroatoms. The summed E-state index contributed by atoms with van der Waals surface area (Å²) in [5, 5.41) is 0.687. The molecule has 118 valence electrons. The third kappa shape index (κ3) is 3.80. The summed E-state index contributed by atoms with van der Waals surface area (Å²) in [6.45, 7) is 2.19. The van der Waals surface area contributed by atoms with Gasteiger partial charge in [0.25, 0.3) is 0 Å². The number of benzene rings is 2. The summed E-state index contributed by atoms with van der Waals surface area (Å²) in [5.41, 5.74) is 1.72. The smallest absolute Gasteiger partial charge is 0.242 e. The Bertz CT molecular complexity index is 773. The molecule has 0 N–H and O–H groups in total. The van der Waals surface area contributed by atoms with Crippen molar-refractivity contribution in [3.8, 4) is 5.75 Å². The fourth-order valence-electron chi connectivity index (χ4n) is 1.88. The topological polar surface area (TPSA) is 46.6 Å². The minimum atomic E-state index is -3.43. The molecule has 0 saturated heterocycles. The summed E-state index contributed by atoms with van der Waals surface area (Å²) in [4.78, 5) is 0.255. The van der Waals surface area contributed by atoms with Gasteiger partial charge in [0, 0.05) is 19.1 Å². The SMILES string of the molecule is Cc1cc(OCc2cccc(S(=O)(=O)N(C)C)c2)ccc1Cl. The summed E-state index contributed by atoms with van der Waals surface area (Å²) in [6.07, 6.45) is 0.